The lowest BCUT2D eigenvalue weighted by Crippen LogP contribution is -1.93. The fourth-order valence-corrected chi connectivity index (χ4v) is 10.6. The van der Waals surface area contributed by atoms with Gasteiger partial charge in [0, 0.05) is 16.5 Å². The maximum atomic E-state index is 6.84. The lowest BCUT2D eigenvalue weighted by Gasteiger charge is -2.20. The molecule has 69 heavy (non-hydrogen) atoms. The van der Waals surface area contributed by atoms with Crippen LogP contribution in [0.5, 0.6) is 0 Å². The number of fused-ring (bicyclic) bond motifs is 4. The second-order valence-electron chi connectivity index (χ2n) is 17.9. The molecule has 0 aliphatic carbocycles. The molecule has 0 saturated carbocycles. The molecular formula is C68H44O. The van der Waals surface area contributed by atoms with Crippen LogP contribution >= 0.6 is 0 Å². The predicted molar refractivity (Wildman–Crippen MR) is 292 cm³/mol. The molecule has 13 aromatic rings. The average Bonchev–Trinajstić information content (AvgIpc) is 3.82. The van der Waals surface area contributed by atoms with Crippen LogP contribution in [0.3, 0.4) is 0 Å². The first-order valence-electron chi connectivity index (χ1n) is 23.7. The van der Waals surface area contributed by atoms with Crippen LogP contribution in [-0.2, 0) is 0 Å². The summed E-state index contributed by atoms with van der Waals surface area (Å²) in [5.41, 5.74) is 18.4. The smallest absolute Gasteiger partial charge is 0.143 e. The first kappa shape index (κ1) is 40.3. The van der Waals surface area contributed by atoms with Crippen molar-refractivity contribution in [2.24, 2.45) is 0 Å². The van der Waals surface area contributed by atoms with Crippen molar-refractivity contribution in [1.29, 1.82) is 0 Å². The highest BCUT2D eigenvalue weighted by molar-refractivity contribution is 6.23. The van der Waals surface area contributed by atoms with Crippen molar-refractivity contribution in [2.75, 3.05) is 0 Å². The molecule has 1 heteroatoms. The quantitative estimate of drug-likeness (QED) is 0.139. The van der Waals surface area contributed by atoms with E-state index in [4.69, 9.17) is 4.42 Å². The van der Waals surface area contributed by atoms with Gasteiger partial charge in [-0.1, -0.05) is 237 Å². The Kier molecular flexibility index (Phi) is 9.91. The minimum absolute atomic E-state index is 0.864. The van der Waals surface area contributed by atoms with Crippen LogP contribution in [0.15, 0.2) is 271 Å². The Morgan fingerprint density at radius 2 is 0.623 bits per heavy atom. The van der Waals surface area contributed by atoms with Gasteiger partial charge >= 0.3 is 0 Å². The van der Waals surface area contributed by atoms with Crippen molar-refractivity contribution in [3.8, 4) is 89.2 Å². The highest BCUT2D eigenvalue weighted by Gasteiger charge is 2.21. The Hall–Kier alpha value is -9.04. The molecule has 0 saturated heterocycles. The van der Waals surface area contributed by atoms with E-state index >= 15 is 0 Å². The van der Waals surface area contributed by atoms with Gasteiger partial charge in [-0.3, -0.25) is 0 Å². The zero-order valence-corrected chi connectivity index (χ0v) is 37.8. The number of furan rings is 1. The molecule has 0 spiro atoms. The van der Waals surface area contributed by atoms with E-state index in [2.05, 4.69) is 267 Å². The molecular weight excluding hydrogens is 833 g/mol. The molecule has 1 heterocycles. The first-order chi connectivity index (χ1) is 34.2. The summed E-state index contributed by atoms with van der Waals surface area (Å²) >= 11 is 0. The van der Waals surface area contributed by atoms with Crippen LogP contribution < -0.4 is 0 Å². The molecule has 12 aromatic carbocycles. The number of rotatable bonds is 8. The topological polar surface area (TPSA) is 13.1 Å². The minimum Gasteiger partial charge on any atom is -0.455 e. The lowest BCUT2D eigenvalue weighted by atomic mass is 9.83. The summed E-state index contributed by atoms with van der Waals surface area (Å²) in [5, 5.41) is 8.45. The Morgan fingerprint density at radius 1 is 0.203 bits per heavy atom. The summed E-state index contributed by atoms with van der Waals surface area (Å²) in [7, 11) is 0. The van der Waals surface area contributed by atoms with E-state index in [-0.39, 0.29) is 0 Å². The summed E-state index contributed by atoms with van der Waals surface area (Å²) < 4.78 is 6.84. The normalized spacial score (nSPS) is 11.5. The van der Waals surface area contributed by atoms with Crippen LogP contribution in [0.1, 0.15) is 0 Å². The van der Waals surface area contributed by atoms with E-state index in [1.54, 1.807) is 0 Å². The van der Waals surface area contributed by atoms with Crippen molar-refractivity contribution >= 4 is 43.3 Å². The van der Waals surface area contributed by atoms with E-state index in [1.807, 2.05) is 0 Å². The molecule has 0 fully saturated rings. The van der Waals surface area contributed by atoms with Gasteiger partial charge in [0.25, 0.3) is 0 Å². The molecule has 0 bridgehead atoms. The second-order valence-corrected chi connectivity index (χ2v) is 17.9. The van der Waals surface area contributed by atoms with E-state index in [0.29, 0.717) is 0 Å². The predicted octanol–water partition coefficient (Wildman–Crippen LogP) is 19.2. The fourth-order valence-electron chi connectivity index (χ4n) is 10.6. The summed E-state index contributed by atoms with van der Waals surface area (Å²) in [6.45, 7) is 0. The van der Waals surface area contributed by atoms with E-state index < -0.39 is 0 Å². The highest BCUT2D eigenvalue weighted by atomic mass is 16.3. The third-order valence-electron chi connectivity index (χ3n) is 13.9. The molecule has 0 N–H and O–H groups in total. The van der Waals surface area contributed by atoms with Crippen molar-refractivity contribution in [2.45, 2.75) is 0 Å². The Balaban J connectivity index is 1.03. The number of hydrogen-bond donors (Lipinski definition) is 0. The summed E-state index contributed by atoms with van der Waals surface area (Å²) in [6, 6.07) is 96.9. The highest BCUT2D eigenvalue weighted by Crippen LogP contribution is 2.48. The maximum absolute atomic E-state index is 6.84. The third kappa shape index (κ3) is 7.20. The molecule has 0 atom stereocenters. The molecule has 0 unspecified atom stereocenters. The molecule has 0 amide bonds. The van der Waals surface area contributed by atoms with Gasteiger partial charge in [0.15, 0.2) is 0 Å². The summed E-state index contributed by atoms with van der Waals surface area (Å²) in [6.07, 6.45) is 0. The molecule has 0 aliphatic rings. The number of benzene rings is 12. The molecule has 0 radical (unpaired) electrons. The van der Waals surface area contributed by atoms with Crippen LogP contribution in [-0.4, -0.2) is 0 Å². The van der Waals surface area contributed by atoms with Gasteiger partial charge in [-0.15, -0.1) is 0 Å². The number of hydrogen-bond acceptors (Lipinski definition) is 1. The molecule has 322 valence electrons. The summed E-state index contributed by atoms with van der Waals surface area (Å²) in [5.74, 6) is 0.882. The largest absolute Gasteiger partial charge is 0.455 e. The van der Waals surface area contributed by atoms with Crippen molar-refractivity contribution in [3.63, 3.8) is 0 Å². The van der Waals surface area contributed by atoms with Gasteiger partial charge in [0.2, 0.25) is 0 Å². The Morgan fingerprint density at radius 3 is 1.26 bits per heavy atom. The van der Waals surface area contributed by atoms with Crippen LogP contribution in [0.25, 0.3) is 132 Å². The van der Waals surface area contributed by atoms with Gasteiger partial charge in [-0.25, -0.2) is 0 Å². The van der Waals surface area contributed by atoms with E-state index in [1.165, 1.54) is 82.4 Å². The molecule has 1 nitrogen and oxygen atoms in total. The lowest BCUT2D eigenvalue weighted by molar-refractivity contribution is 0.632. The zero-order chi connectivity index (χ0) is 45.7. The third-order valence-corrected chi connectivity index (χ3v) is 13.9. The standard InChI is InChI=1S/C68H44O/c1-5-17-45(18-6-1)53-36-39-60-62(42-53)65(50-33-31-48(32-34-50)58-30-16-26-47-21-13-14-29-57(47)58)59-38-35-54(46-19-7-2-8-20-46)43-63(59)66(60)56-28-15-27-52(41-56)55-37-40-61-64(44-55)69-68(51-24-11-4-12-25-51)67(61)49-22-9-3-10-23-49/h1-44H. The van der Waals surface area contributed by atoms with Crippen molar-refractivity contribution in [3.05, 3.63) is 267 Å². The molecule has 0 aliphatic heterocycles. The monoisotopic (exact) mass is 876 g/mol. The van der Waals surface area contributed by atoms with Crippen LogP contribution in [0, 0.1) is 0 Å². The average molecular weight is 877 g/mol. The van der Waals surface area contributed by atoms with Gasteiger partial charge in [-0.05, 0) is 135 Å². The molecule has 1 aromatic heterocycles. The van der Waals surface area contributed by atoms with Crippen molar-refractivity contribution in [1.82, 2.24) is 0 Å². The van der Waals surface area contributed by atoms with Gasteiger partial charge in [0.05, 0.1) is 0 Å². The van der Waals surface area contributed by atoms with Gasteiger partial charge in [-0.2, -0.15) is 0 Å². The van der Waals surface area contributed by atoms with Crippen LogP contribution in [0.4, 0.5) is 0 Å². The maximum Gasteiger partial charge on any atom is 0.143 e. The van der Waals surface area contributed by atoms with Crippen LogP contribution in [0.2, 0.25) is 0 Å². The Labute approximate surface area is 401 Å². The van der Waals surface area contributed by atoms with Gasteiger partial charge < -0.3 is 4.42 Å². The minimum atomic E-state index is 0.864. The first-order valence-corrected chi connectivity index (χ1v) is 23.7. The second kappa shape index (κ2) is 17.0. The zero-order valence-electron chi connectivity index (χ0n) is 37.8. The van der Waals surface area contributed by atoms with Crippen molar-refractivity contribution < 1.29 is 4.42 Å². The van der Waals surface area contributed by atoms with E-state index in [0.717, 1.165) is 50.1 Å². The SMILES string of the molecule is c1ccc(-c2ccc3c(-c4cccc(-c5ccc6c(-c7ccccc7)c(-c7ccccc7)oc6c5)c4)c4cc(-c5ccccc5)ccc4c(-c4ccc(-c5cccc6ccccc56)cc4)c3c2)cc1. The Bertz CT molecular complexity index is 4010. The fraction of sp³-hybridized carbons (Fsp3) is 0. The van der Waals surface area contributed by atoms with Gasteiger partial charge in [0.1, 0.15) is 11.3 Å². The molecule has 13 rings (SSSR count). The summed E-state index contributed by atoms with van der Waals surface area (Å²) in [4.78, 5) is 0. The van der Waals surface area contributed by atoms with E-state index in [9.17, 15) is 0 Å².